The van der Waals surface area contributed by atoms with E-state index in [1.54, 1.807) is 7.11 Å². The molecule has 1 N–H and O–H groups in total. The maximum absolute atomic E-state index is 13.1. The molecule has 156 valence electrons. The van der Waals surface area contributed by atoms with Crippen LogP contribution in [0.1, 0.15) is 31.7 Å². The molecule has 3 heterocycles. The maximum Gasteiger partial charge on any atom is 0.340 e. The Morgan fingerprint density at radius 1 is 1.31 bits per heavy atom. The molecule has 1 unspecified atom stereocenters. The molecule has 1 aliphatic carbocycles. The highest BCUT2D eigenvalue weighted by atomic mass is 16.5. The van der Waals surface area contributed by atoms with Crippen molar-refractivity contribution in [2.24, 2.45) is 5.41 Å². The average Bonchev–Trinajstić information content (AvgIpc) is 3.25. The van der Waals surface area contributed by atoms with Gasteiger partial charge in [-0.1, -0.05) is 25.1 Å². The molecular weight excluding hydrogens is 368 g/mol. The summed E-state index contributed by atoms with van der Waals surface area (Å²) in [5.74, 6) is 0.254. The molecule has 0 radical (unpaired) electrons. The highest BCUT2D eigenvalue weighted by molar-refractivity contribution is 5.85. The number of esters is 1. The van der Waals surface area contributed by atoms with E-state index in [-0.39, 0.29) is 22.9 Å². The number of likely N-dealkylation sites (N-methyl/N-ethyl adjacent to an activating group) is 1. The van der Waals surface area contributed by atoms with E-state index in [1.807, 2.05) is 19.2 Å². The summed E-state index contributed by atoms with van der Waals surface area (Å²) in [6.07, 6.45) is 6.64. The number of carbonyl (C=O) groups excluding carboxylic acids is 1. The number of aliphatic hydroxyl groups is 1. The summed E-state index contributed by atoms with van der Waals surface area (Å²) in [6.45, 7) is 4.06. The van der Waals surface area contributed by atoms with Gasteiger partial charge in [0.05, 0.1) is 20.3 Å². The van der Waals surface area contributed by atoms with Crippen molar-refractivity contribution in [3.63, 3.8) is 0 Å². The van der Waals surface area contributed by atoms with Crippen LogP contribution in [0.4, 0.5) is 5.69 Å². The van der Waals surface area contributed by atoms with Gasteiger partial charge in [-0.3, -0.25) is 4.90 Å². The predicted molar refractivity (Wildman–Crippen MR) is 110 cm³/mol. The lowest BCUT2D eigenvalue weighted by Crippen LogP contribution is -2.74. The van der Waals surface area contributed by atoms with Gasteiger partial charge in [-0.2, -0.15) is 0 Å². The molecule has 6 heteroatoms. The van der Waals surface area contributed by atoms with E-state index in [2.05, 4.69) is 34.9 Å². The summed E-state index contributed by atoms with van der Waals surface area (Å²) < 4.78 is 10.7. The van der Waals surface area contributed by atoms with Crippen LogP contribution in [0, 0.1) is 5.41 Å². The molecule has 0 aromatic heterocycles. The first-order chi connectivity index (χ1) is 13.9. The summed E-state index contributed by atoms with van der Waals surface area (Å²) in [6, 6.07) is 6.07. The fraction of sp³-hybridized carbons (Fsp3) is 0.609. The second-order valence-electron chi connectivity index (χ2n) is 9.17. The first-order valence-corrected chi connectivity index (χ1v) is 10.5. The molecule has 0 amide bonds. The minimum absolute atomic E-state index is 0.247. The zero-order chi connectivity index (χ0) is 20.6. The van der Waals surface area contributed by atoms with Crippen LogP contribution >= 0.6 is 0 Å². The molecule has 6 nitrogen and oxygen atoms in total. The number of anilines is 1. The standard InChI is InChI=1S/C23H30N2O4/c1-5-21-9-6-11-25-12-10-22(18(21)25)16-8-7-15(28-3)13-17(16)24(2)19(22)23(27,14-21)20(26)29-4/h6-9,13,18-19,27H,5,10-12,14H2,1-4H3/t18-,19+,21-,22+,23?/m0/s1. The van der Waals surface area contributed by atoms with Crippen LogP contribution in [0.5, 0.6) is 5.75 Å². The Morgan fingerprint density at radius 2 is 2.10 bits per heavy atom. The van der Waals surface area contributed by atoms with Gasteiger partial charge < -0.3 is 19.5 Å². The highest BCUT2D eigenvalue weighted by Crippen LogP contribution is 2.66. The van der Waals surface area contributed by atoms with Crippen molar-refractivity contribution in [2.45, 2.75) is 49.3 Å². The number of benzene rings is 1. The smallest absolute Gasteiger partial charge is 0.340 e. The molecule has 5 atom stereocenters. The Balaban J connectivity index is 1.81. The molecule has 1 saturated carbocycles. The second-order valence-corrected chi connectivity index (χ2v) is 9.17. The Morgan fingerprint density at radius 3 is 2.79 bits per heavy atom. The monoisotopic (exact) mass is 398 g/mol. The number of carbonyl (C=O) groups is 1. The first-order valence-electron chi connectivity index (χ1n) is 10.5. The topological polar surface area (TPSA) is 62.2 Å². The molecule has 2 fully saturated rings. The molecule has 5 rings (SSSR count). The van der Waals surface area contributed by atoms with Gasteiger partial charge >= 0.3 is 5.97 Å². The van der Waals surface area contributed by atoms with Gasteiger partial charge in [-0.05, 0) is 37.4 Å². The van der Waals surface area contributed by atoms with E-state index < -0.39 is 11.6 Å². The van der Waals surface area contributed by atoms with E-state index in [0.29, 0.717) is 6.42 Å². The van der Waals surface area contributed by atoms with Gasteiger partial charge in [-0.25, -0.2) is 4.79 Å². The highest BCUT2D eigenvalue weighted by Gasteiger charge is 2.75. The van der Waals surface area contributed by atoms with Crippen molar-refractivity contribution in [3.8, 4) is 5.75 Å². The SMILES string of the molecule is CC[C@]12C=CCN3CC[C@@]4(c5ccc(OC)cc5N(C)[C@H]4C(O)(C(=O)OC)C1)[C@@H]32. The van der Waals surface area contributed by atoms with E-state index in [4.69, 9.17) is 9.47 Å². The van der Waals surface area contributed by atoms with Crippen LogP contribution in [0.25, 0.3) is 0 Å². The van der Waals surface area contributed by atoms with E-state index in [9.17, 15) is 9.90 Å². The predicted octanol–water partition coefficient (Wildman–Crippen LogP) is 2.10. The third-order valence-electron chi connectivity index (χ3n) is 8.21. The van der Waals surface area contributed by atoms with Gasteiger partial charge in [0.2, 0.25) is 0 Å². The Kier molecular flexibility index (Phi) is 3.91. The fourth-order valence-electron chi connectivity index (χ4n) is 7.33. The third-order valence-corrected chi connectivity index (χ3v) is 8.21. The minimum atomic E-state index is -1.58. The van der Waals surface area contributed by atoms with Crippen LogP contribution in [0.15, 0.2) is 30.4 Å². The fourth-order valence-corrected chi connectivity index (χ4v) is 7.33. The zero-order valence-corrected chi connectivity index (χ0v) is 17.6. The number of nitrogens with zero attached hydrogens (tertiary/aromatic N) is 2. The molecular formula is C23H30N2O4. The lowest BCUT2D eigenvalue weighted by Gasteiger charge is -2.60. The van der Waals surface area contributed by atoms with Gasteiger partial charge in [0.25, 0.3) is 0 Å². The van der Waals surface area contributed by atoms with E-state index in [0.717, 1.165) is 37.4 Å². The second kappa shape index (κ2) is 5.99. The van der Waals surface area contributed by atoms with Crippen molar-refractivity contribution in [1.29, 1.82) is 0 Å². The molecule has 29 heavy (non-hydrogen) atoms. The number of hydrogen-bond acceptors (Lipinski definition) is 6. The summed E-state index contributed by atoms with van der Waals surface area (Å²) >= 11 is 0. The summed E-state index contributed by atoms with van der Waals surface area (Å²) in [4.78, 5) is 17.8. The molecule has 1 aromatic rings. The molecule has 0 bridgehead atoms. The van der Waals surface area contributed by atoms with Crippen LogP contribution in [0.2, 0.25) is 0 Å². The number of hydrogen-bond donors (Lipinski definition) is 1. The average molecular weight is 399 g/mol. The number of methoxy groups -OCH3 is 2. The van der Waals surface area contributed by atoms with Crippen molar-refractivity contribution < 1.29 is 19.4 Å². The Labute approximate surface area is 172 Å². The maximum atomic E-state index is 13.1. The third kappa shape index (κ3) is 2.06. The van der Waals surface area contributed by atoms with Gasteiger partial charge in [0.15, 0.2) is 5.60 Å². The zero-order valence-electron chi connectivity index (χ0n) is 17.6. The molecule has 3 aliphatic heterocycles. The summed E-state index contributed by atoms with van der Waals surface area (Å²) in [5.41, 5.74) is 0.0721. The molecule has 4 aliphatic rings. The normalized spacial score (nSPS) is 39.7. The largest absolute Gasteiger partial charge is 0.497 e. The molecule has 1 saturated heterocycles. The van der Waals surface area contributed by atoms with Crippen LogP contribution in [-0.2, 0) is 14.9 Å². The molecule has 1 spiro atoms. The number of fused-ring (bicyclic) bond motifs is 1. The van der Waals surface area contributed by atoms with Gasteiger partial charge in [-0.15, -0.1) is 0 Å². The van der Waals surface area contributed by atoms with Crippen molar-refractivity contribution in [1.82, 2.24) is 4.90 Å². The minimum Gasteiger partial charge on any atom is -0.497 e. The summed E-state index contributed by atoms with van der Waals surface area (Å²) in [5, 5.41) is 12.0. The number of rotatable bonds is 3. The number of ether oxygens (including phenoxy) is 2. The lowest BCUT2D eigenvalue weighted by molar-refractivity contribution is -0.181. The van der Waals surface area contributed by atoms with Gasteiger partial charge in [0, 0.05) is 42.2 Å². The van der Waals surface area contributed by atoms with E-state index in [1.165, 1.54) is 12.7 Å². The molecule has 1 aromatic carbocycles. The lowest BCUT2D eigenvalue weighted by atomic mass is 9.49. The van der Waals surface area contributed by atoms with Gasteiger partial charge in [0.1, 0.15) is 5.75 Å². The van der Waals surface area contributed by atoms with Crippen molar-refractivity contribution in [3.05, 3.63) is 35.9 Å². The van der Waals surface area contributed by atoms with E-state index >= 15 is 0 Å². The quantitative estimate of drug-likeness (QED) is 0.622. The first kappa shape index (κ1) is 18.9. The van der Waals surface area contributed by atoms with Crippen LogP contribution in [0.3, 0.4) is 0 Å². The van der Waals surface area contributed by atoms with Crippen molar-refractivity contribution in [2.75, 3.05) is 39.3 Å². The Hall–Kier alpha value is -2.05. The van der Waals surface area contributed by atoms with Crippen LogP contribution in [-0.4, -0.2) is 68.0 Å². The summed E-state index contributed by atoms with van der Waals surface area (Å²) in [7, 11) is 5.03. The van der Waals surface area contributed by atoms with Crippen molar-refractivity contribution >= 4 is 11.7 Å². The van der Waals surface area contributed by atoms with Crippen LogP contribution < -0.4 is 9.64 Å². The Bertz CT molecular complexity index is 901.